The van der Waals surface area contributed by atoms with Gasteiger partial charge in [0.25, 0.3) is 0 Å². The molecule has 4 heteroatoms. The summed E-state index contributed by atoms with van der Waals surface area (Å²) in [7, 11) is 0. The van der Waals surface area contributed by atoms with Crippen molar-refractivity contribution in [3.8, 4) is 0 Å². The van der Waals surface area contributed by atoms with Crippen LogP contribution in [0.3, 0.4) is 0 Å². The smallest absolute Gasteiger partial charge is 0.376 e. The number of rotatable bonds is 2. The summed E-state index contributed by atoms with van der Waals surface area (Å²) in [6.07, 6.45) is 1.87. The first-order valence-electron chi connectivity index (χ1n) is 6.84. The Morgan fingerprint density at radius 1 is 1.26 bits per heavy atom. The Morgan fingerprint density at radius 2 is 1.79 bits per heavy atom. The molecule has 0 aromatic heterocycles. The van der Waals surface area contributed by atoms with Gasteiger partial charge < -0.3 is 9.57 Å². The molecule has 1 aliphatic heterocycles. The molecule has 0 bridgehead atoms. The van der Waals surface area contributed by atoms with Gasteiger partial charge in [0.15, 0.2) is 0 Å². The highest BCUT2D eigenvalue weighted by molar-refractivity contribution is 5.87. The SMILES string of the molecule is CC(C)C1C=C(C(=O)OC(C)(C)C)ON1C(C)(C)C. The van der Waals surface area contributed by atoms with Crippen LogP contribution < -0.4 is 0 Å². The van der Waals surface area contributed by atoms with Crippen LogP contribution in [0.2, 0.25) is 0 Å². The maximum absolute atomic E-state index is 12.1. The number of carbonyl (C=O) groups excluding carboxylic acids is 1. The molecule has 1 heterocycles. The van der Waals surface area contributed by atoms with Crippen molar-refractivity contribution in [3.05, 3.63) is 11.8 Å². The van der Waals surface area contributed by atoms with Crippen molar-refractivity contribution >= 4 is 5.97 Å². The third-order valence-electron chi connectivity index (χ3n) is 2.73. The monoisotopic (exact) mass is 269 g/mol. The van der Waals surface area contributed by atoms with Gasteiger partial charge in [0.1, 0.15) is 5.60 Å². The highest BCUT2D eigenvalue weighted by atomic mass is 16.7. The number of hydrogen-bond donors (Lipinski definition) is 0. The Balaban J connectivity index is 2.89. The van der Waals surface area contributed by atoms with Gasteiger partial charge in [-0.2, -0.15) is 0 Å². The van der Waals surface area contributed by atoms with Crippen LogP contribution in [0.25, 0.3) is 0 Å². The molecule has 1 atom stereocenters. The Kier molecular flexibility index (Phi) is 4.35. The molecule has 1 aliphatic rings. The zero-order valence-corrected chi connectivity index (χ0v) is 13.4. The van der Waals surface area contributed by atoms with Gasteiger partial charge >= 0.3 is 5.97 Å². The Labute approximate surface area is 116 Å². The van der Waals surface area contributed by atoms with Gasteiger partial charge in [0.2, 0.25) is 5.76 Å². The van der Waals surface area contributed by atoms with E-state index in [1.54, 1.807) is 0 Å². The van der Waals surface area contributed by atoms with Crippen molar-refractivity contribution in [2.45, 2.75) is 72.6 Å². The molecule has 1 rings (SSSR count). The molecule has 110 valence electrons. The maximum Gasteiger partial charge on any atom is 0.376 e. The van der Waals surface area contributed by atoms with E-state index in [2.05, 4.69) is 34.6 Å². The molecule has 0 amide bonds. The summed E-state index contributed by atoms with van der Waals surface area (Å²) in [6.45, 7) is 16.0. The molecule has 0 aliphatic carbocycles. The first-order valence-corrected chi connectivity index (χ1v) is 6.84. The molecule has 0 spiro atoms. The minimum atomic E-state index is -0.510. The zero-order valence-electron chi connectivity index (χ0n) is 13.4. The average Bonchev–Trinajstić information content (AvgIpc) is 2.57. The minimum Gasteiger partial charge on any atom is -0.454 e. The van der Waals surface area contributed by atoms with Crippen LogP contribution in [0, 0.1) is 5.92 Å². The Bertz CT molecular complexity index is 372. The second-order valence-corrected chi connectivity index (χ2v) is 7.36. The van der Waals surface area contributed by atoms with Gasteiger partial charge in [-0.05, 0) is 53.5 Å². The highest BCUT2D eigenvalue weighted by Crippen LogP contribution is 2.31. The fourth-order valence-corrected chi connectivity index (χ4v) is 1.90. The average molecular weight is 269 g/mol. The van der Waals surface area contributed by atoms with Gasteiger partial charge in [-0.25, -0.2) is 4.79 Å². The molecule has 19 heavy (non-hydrogen) atoms. The molecule has 0 aromatic carbocycles. The van der Waals surface area contributed by atoms with Gasteiger partial charge in [-0.15, -0.1) is 5.06 Å². The molecule has 0 saturated heterocycles. The quantitative estimate of drug-likeness (QED) is 0.721. The second-order valence-electron chi connectivity index (χ2n) is 7.36. The van der Waals surface area contributed by atoms with Crippen molar-refractivity contribution in [2.24, 2.45) is 5.92 Å². The fraction of sp³-hybridized carbons (Fsp3) is 0.800. The van der Waals surface area contributed by atoms with Crippen molar-refractivity contribution in [3.63, 3.8) is 0 Å². The number of hydrogen-bond acceptors (Lipinski definition) is 4. The number of ether oxygens (including phenoxy) is 1. The standard InChI is InChI=1S/C15H27NO3/c1-10(2)11-9-12(13(17)18-15(6,7)8)19-16(11)14(3,4)5/h9-11H,1-8H3. The molecule has 0 saturated carbocycles. The van der Waals surface area contributed by atoms with E-state index in [4.69, 9.17) is 9.57 Å². The molecule has 0 fully saturated rings. The highest BCUT2D eigenvalue weighted by Gasteiger charge is 2.40. The lowest BCUT2D eigenvalue weighted by Gasteiger charge is -2.36. The van der Waals surface area contributed by atoms with Crippen LogP contribution >= 0.6 is 0 Å². The van der Waals surface area contributed by atoms with Crippen molar-refractivity contribution < 1.29 is 14.4 Å². The molecule has 0 N–H and O–H groups in total. The van der Waals surface area contributed by atoms with Crippen LogP contribution in [-0.2, 0) is 14.4 Å². The van der Waals surface area contributed by atoms with Crippen LogP contribution in [0.15, 0.2) is 11.8 Å². The number of esters is 1. The zero-order chi connectivity index (χ0) is 15.0. The van der Waals surface area contributed by atoms with Gasteiger partial charge in [-0.1, -0.05) is 13.8 Å². The summed E-state index contributed by atoms with van der Waals surface area (Å²) in [4.78, 5) is 17.8. The van der Waals surface area contributed by atoms with E-state index in [-0.39, 0.29) is 11.6 Å². The van der Waals surface area contributed by atoms with Gasteiger partial charge in [0, 0.05) is 5.54 Å². The minimum absolute atomic E-state index is 0.0857. The van der Waals surface area contributed by atoms with E-state index >= 15 is 0 Å². The largest absolute Gasteiger partial charge is 0.454 e. The Hall–Kier alpha value is -1.03. The summed E-state index contributed by atoms with van der Waals surface area (Å²) < 4.78 is 5.35. The molecule has 0 aromatic rings. The third-order valence-corrected chi connectivity index (χ3v) is 2.73. The molecule has 0 radical (unpaired) electrons. The summed E-state index contributed by atoms with van der Waals surface area (Å²) in [6, 6.07) is 0.0857. The lowest BCUT2D eigenvalue weighted by Crippen LogP contribution is -2.46. The van der Waals surface area contributed by atoms with Crippen LogP contribution in [0.5, 0.6) is 0 Å². The van der Waals surface area contributed by atoms with Gasteiger partial charge in [0.05, 0.1) is 6.04 Å². The van der Waals surface area contributed by atoms with Crippen molar-refractivity contribution in [1.29, 1.82) is 0 Å². The molecular weight excluding hydrogens is 242 g/mol. The van der Waals surface area contributed by atoms with Crippen LogP contribution in [0.1, 0.15) is 55.4 Å². The van der Waals surface area contributed by atoms with E-state index in [0.717, 1.165) is 0 Å². The summed E-state index contributed by atoms with van der Waals surface area (Å²) >= 11 is 0. The molecular formula is C15H27NO3. The lowest BCUT2D eigenvalue weighted by molar-refractivity contribution is -0.196. The summed E-state index contributed by atoms with van der Waals surface area (Å²) in [5.41, 5.74) is -0.682. The first-order chi connectivity index (χ1) is 8.42. The topological polar surface area (TPSA) is 38.8 Å². The number of carbonyl (C=O) groups is 1. The molecule has 4 nitrogen and oxygen atoms in total. The van der Waals surface area contributed by atoms with Crippen molar-refractivity contribution in [2.75, 3.05) is 0 Å². The summed E-state index contributed by atoms with van der Waals surface area (Å²) in [5.74, 6) is 0.257. The predicted octanol–water partition coefficient (Wildman–Crippen LogP) is 3.28. The van der Waals surface area contributed by atoms with E-state index in [9.17, 15) is 4.79 Å². The van der Waals surface area contributed by atoms with E-state index < -0.39 is 11.6 Å². The van der Waals surface area contributed by atoms with E-state index in [1.807, 2.05) is 31.9 Å². The van der Waals surface area contributed by atoms with Crippen LogP contribution in [0.4, 0.5) is 0 Å². The van der Waals surface area contributed by atoms with Gasteiger partial charge in [-0.3, -0.25) is 0 Å². The number of hydroxylamine groups is 2. The van der Waals surface area contributed by atoms with E-state index in [0.29, 0.717) is 11.7 Å². The third kappa shape index (κ3) is 4.23. The molecule has 1 unspecified atom stereocenters. The normalized spacial score (nSPS) is 21.3. The summed E-state index contributed by atoms with van der Waals surface area (Å²) in [5, 5.41) is 1.87. The first kappa shape index (κ1) is 16.0. The maximum atomic E-state index is 12.1. The fourth-order valence-electron chi connectivity index (χ4n) is 1.90. The second kappa shape index (κ2) is 5.16. The Morgan fingerprint density at radius 3 is 2.11 bits per heavy atom. The van der Waals surface area contributed by atoms with Crippen molar-refractivity contribution in [1.82, 2.24) is 5.06 Å². The lowest BCUT2D eigenvalue weighted by atomic mass is 9.99. The van der Waals surface area contributed by atoms with Crippen LogP contribution in [-0.4, -0.2) is 28.2 Å². The van der Waals surface area contributed by atoms with E-state index in [1.165, 1.54) is 0 Å². The predicted molar refractivity (Wildman–Crippen MR) is 75.2 cm³/mol. The number of nitrogens with zero attached hydrogens (tertiary/aromatic N) is 1.